The van der Waals surface area contributed by atoms with Gasteiger partial charge in [-0.05, 0) is 11.1 Å². The zero-order valence-corrected chi connectivity index (χ0v) is 8.64. The number of hydrogen-bond donors (Lipinski definition) is 1. The van der Waals surface area contributed by atoms with E-state index < -0.39 is 0 Å². The van der Waals surface area contributed by atoms with E-state index in [2.05, 4.69) is 0 Å². The van der Waals surface area contributed by atoms with E-state index in [4.69, 9.17) is 10.5 Å². The Morgan fingerprint density at radius 3 is 3.00 bits per heavy atom. The molecule has 0 radical (unpaired) electrons. The predicted octanol–water partition coefficient (Wildman–Crippen LogP) is 1.27. The van der Waals surface area contributed by atoms with Crippen molar-refractivity contribution in [3.63, 3.8) is 0 Å². The molecule has 1 aromatic carbocycles. The average molecular weight is 206 g/mol. The van der Waals surface area contributed by atoms with Crippen LogP contribution in [0.25, 0.3) is 0 Å². The number of benzene rings is 1. The molecular formula is C11H14N2O2. The maximum absolute atomic E-state index is 11.2. The van der Waals surface area contributed by atoms with Gasteiger partial charge in [-0.25, -0.2) is 4.79 Å². The number of likely N-dealkylation sites (N-methyl/N-ethyl adjacent to an activating group) is 1. The quantitative estimate of drug-likeness (QED) is 0.792. The molecule has 1 saturated heterocycles. The Hall–Kier alpha value is -1.55. The van der Waals surface area contributed by atoms with Gasteiger partial charge in [0.1, 0.15) is 6.61 Å². The molecule has 1 amide bonds. The lowest BCUT2D eigenvalue weighted by Gasteiger charge is -2.16. The van der Waals surface area contributed by atoms with E-state index in [1.807, 2.05) is 24.3 Å². The van der Waals surface area contributed by atoms with Crippen LogP contribution in [0.3, 0.4) is 0 Å². The fourth-order valence-corrected chi connectivity index (χ4v) is 1.74. The van der Waals surface area contributed by atoms with Crippen LogP contribution in [-0.2, 0) is 11.3 Å². The summed E-state index contributed by atoms with van der Waals surface area (Å²) in [6.07, 6.45) is -0.266. The number of carbonyl (C=O) groups is 1. The summed E-state index contributed by atoms with van der Waals surface area (Å²) in [4.78, 5) is 12.8. The lowest BCUT2D eigenvalue weighted by atomic mass is 10.0. The first-order valence-corrected chi connectivity index (χ1v) is 4.91. The van der Waals surface area contributed by atoms with Gasteiger partial charge in [-0.15, -0.1) is 0 Å². The van der Waals surface area contributed by atoms with Crippen molar-refractivity contribution in [3.8, 4) is 0 Å². The molecule has 1 aromatic rings. The molecule has 0 aliphatic carbocycles. The molecule has 1 fully saturated rings. The number of amides is 1. The van der Waals surface area contributed by atoms with Crippen LogP contribution >= 0.6 is 0 Å². The van der Waals surface area contributed by atoms with E-state index in [1.165, 1.54) is 0 Å². The lowest BCUT2D eigenvalue weighted by Crippen LogP contribution is -2.22. The predicted molar refractivity (Wildman–Crippen MR) is 56.2 cm³/mol. The van der Waals surface area contributed by atoms with Crippen molar-refractivity contribution in [2.75, 3.05) is 13.7 Å². The van der Waals surface area contributed by atoms with Crippen LogP contribution in [-0.4, -0.2) is 24.6 Å². The van der Waals surface area contributed by atoms with E-state index in [9.17, 15) is 4.79 Å². The van der Waals surface area contributed by atoms with Gasteiger partial charge in [-0.2, -0.15) is 0 Å². The van der Waals surface area contributed by atoms with Crippen molar-refractivity contribution in [3.05, 3.63) is 35.4 Å². The van der Waals surface area contributed by atoms with Gasteiger partial charge >= 0.3 is 6.09 Å². The minimum absolute atomic E-state index is 0.0176. The standard InChI is InChI=1S/C11H14N2O2/c1-13-10(7-15-11(13)14)9-4-2-3-8(5-9)6-12/h2-5,10H,6-7,12H2,1H3. The van der Waals surface area contributed by atoms with Crippen LogP contribution in [0.4, 0.5) is 4.79 Å². The van der Waals surface area contributed by atoms with Crippen LogP contribution in [0.2, 0.25) is 0 Å². The van der Waals surface area contributed by atoms with E-state index >= 15 is 0 Å². The van der Waals surface area contributed by atoms with Crippen molar-refractivity contribution >= 4 is 6.09 Å². The van der Waals surface area contributed by atoms with E-state index in [-0.39, 0.29) is 12.1 Å². The third-order valence-electron chi connectivity index (χ3n) is 2.69. The summed E-state index contributed by atoms with van der Waals surface area (Å²) in [6, 6.07) is 7.95. The van der Waals surface area contributed by atoms with Crippen LogP contribution in [0, 0.1) is 0 Å². The fraction of sp³-hybridized carbons (Fsp3) is 0.364. The van der Waals surface area contributed by atoms with E-state index in [1.54, 1.807) is 11.9 Å². The Kier molecular flexibility index (Phi) is 2.60. The monoisotopic (exact) mass is 206 g/mol. The number of nitrogens with zero attached hydrogens (tertiary/aromatic N) is 1. The van der Waals surface area contributed by atoms with Gasteiger partial charge in [-0.1, -0.05) is 24.3 Å². The number of ether oxygens (including phenoxy) is 1. The zero-order valence-electron chi connectivity index (χ0n) is 8.64. The van der Waals surface area contributed by atoms with Crippen molar-refractivity contribution in [2.45, 2.75) is 12.6 Å². The van der Waals surface area contributed by atoms with E-state index in [0.717, 1.165) is 11.1 Å². The molecule has 1 aliphatic heterocycles. The molecule has 1 heterocycles. The Morgan fingerprint density at radius 1 is 1.60 bits per heavy atom. The normalized spacial score (nSPS) is 20.5. The maximum Gasteiger partial charge on any atom is 0.410 e. The summed E-state index contributed by atoms with van der Waals surface area (Å²) in [5.41, 5.74) is 7.71. The first-order valence-electron chi connectivity index (χ1n) is 4.91. The highest BCUT2D eigenvalue weighted by Crippen LogP contribution is 2.26. The van der Waals surface area contributed by atoms with Gasteiger partial charge in [0.15, 0.2) is 0 Å². The third-order valence-corrected chi connectivity index (χ3v) is 2.69. The SMILES string of the molecule is CN1C(=O)OCC1c1cccc(CN)c1. The minimum atomic E-state index is -0.266. The molecule has 0 aromatic heterocycles. The second kappa shape index (κ2) is 3.90. The van der Waals surface area contributed by atoms with Crippen molar-refractivity contribution in [2.24, 2.45) is 5.73 Å². The van der Waals surface area contributed by atoms with E-state index in [0.29, 0.717) is 13.2 Å². The Morgan fingerprint density at radius 2 is 2.40 bits per heavy atom. The number of nitrogens with two attached hydrogens (primary N) is 1. The Balaban J connectivity index is 2.26. The first-order chi connectivity index (χ1) is 7.22. The average Bonchev–Trinajstić information content (AvgIpc) is 2.60. The summed E-state index contributed by atoms with van der Waals surface area (Å²) in [5, 5.41) is 0. The molecule has 0 spiro atoms. The minimum Gasteiger partial charge on any atom is -0.447 e. The third kappa shape index (κ3) is 1.80. The molecule has 4 heteroatoms. The smallest absolute Gasteiger partial charge is 0.410 e. The first kappa shape index (κ1) is 9.98. The van der Waals surface area contributed by atoms with Crippen molar-refractivity contribution in [1.82, 2.24) is 4.90 Å². The molecule has 4 nitrogen and oxygen atoms in total. The summed E-state index contributed by atoms with van der Waals surface area (Å²) < 4.78 is 4.96. The van der Waals surface area contributed by atoms with Crippen molar-refractivity contribution in [1.29, 1.82) is 0 Å². The van der Waals surface area contributed by atoms with Gasteiger partial charge in [0.25, 0.3) is 0 Å². The number of cyclic esters (lactones) is 1. The van der Waals surface area contributed by atoms with Crippen LogP contribution in [0.1, 0.15) is 17.2 Å². The van der Waals surface area contributed by atoms with Gasteiger partial charge in [-0.3, -0.25) is 0 Å². The molecule has 15 heavy (non-hydrogen) atoms. The maximum atomic E-state index is 11.2. The zero-order chi connectivity index (χ0) is 10.8. The molecular weight excluding hydrogens is 192 g/mol. The molecule has 1 unspecified atom stereocenters. The van der Waals surface area contributed by atoms with Gasteiger partial charge in [0.05, 0.1) is 6.04 Å². The highest BCUT2D eigenvalue weighted by molar-refractivity contribution is 5.70. The topological polar surface area (TPSA) is 55.6 Å². The fourth-order valence-electron chi connectivity index (χ4n) is 1.74. The largest absolute Gasteiger partial charge is 0.447 e. The number of hydrogen-bond acceptors (Lipinski definition) is 3. The second-order valence-corrected chi connectivity index (χ2v) is 3.65. The Bertz CT molecular complexity index is 379. The molecule has 1 atom stereocenters. The molecule has 2 rings (SSSR count). The molecule has 1 aliphatic rings. The Labute approximate surface area is 88.6 Å². The van der Waals surface area contributed by atoms with Gasteiger partial charge < -0.3 is 15.4 Å². The van der Waals surface area contributed by atoms with Crippen LogP contribution in [0.5, 0.6) is 0 Å². The molecule has 2 N–H and O–H groups in total. The summed E-state index contributed by atoms with van der Waals surface area (Å²) in [7, 11) is 1.75. The molecule has 80 valence electrons. The highest BCUT2D eigenvalue weighted by Gasteiger charge is 2.30. The molecule has 0 bridgehead atoms. The summed E-state index contributed by atoms with van der Waals surface area (Å²) in [6.45, 7) is 0.933. The van der Waals surface area contributed by atoms with Gasteiger partial charge in [0.2, 0.25) is 0 Å². The molecule has 0 saturated carbocycles. The summed E-state index contributed by atoms with van der Waals surface area (Å²) in [5.74, 6) is 0. The van der Waals surface area contributed by atoms with Crippen LogP contribution < -0.4 is 5.73 Å². The summed E-state index contributed by atoms with van der Waals surface area (Å²) >= 11 is 0. The number of rotatable bonds is 2. The second-order valence-electron chi connectivity index (χ2n) is 3.65. The van der Waals surface area contributed by atoms with Crippen molar-refractivity contribution < 1.29 is 9.53 Å². The number of carbonyl (C=O) groups excluding carboxylic acids is 1. The lowest BCUT2D eigenvalue weighted by molar-refractivity contribution is 0.163. The van der Waals surface area contributed by atoms with Gasteiger partial charge in [0, 0.05) is 13.6 Å². The van der Waals surface area contributed by atoms with Crippen LogP contribution in [0.15, 0.2) is 24.3 Å². The highest BCUT2D eigenvalue weighted by atomic mass is 16.6.